The lowest BCUT2D eigenvalue weighted by Crippen LogP contribution is -2.16. The van der Waals surface area contributed by atoms with Gasteiger partial charge in [0.15, 0.2) is 5.12 Å². The molecule has 0 atom stereocenters. The van der Waals surface area contributed by atoms with Gasteiger partial charge in [-0.25, -0.2) is 4.79 Å². The maximum atomic E-state index is 11.9. The van der Waals surface area contributed by atoms with E-state index in [1.54, 1.807) is 0 Å². The molecule has 0 bridgehead atoms. The number of thiophene rings is 1. The second-order valence-electron chi connectivity index (χ2n) is 4.12. The molecule has 1 N–H and O–H groups in total. The van der Waals surface area contributed by atoms with Crippen molar-refractivity contribution in [1.82, 2.24) is 0 Å². The van der Waals surface area contributed by atoms with Crippen molar-refractivity contribution in [2.45, 2.75) is 6.92 Å². The molecule has 0 aliphatic heterocycles. The van der Waals surface area contributed by atoms with Crippen LogP contribution in [0.3, 0.4) is 0 Å². The Morgan fingerprint density at radius 3 is 2.67 bits per heavy atom. The number of methoxy groups -OCH3 is 1. The summed E-state index contributed by atoms with van der Waals surface area (Å²) in [4.78, 5) is 35.0. The number of carbonyl (C=O) groups is 3. The van der Waals surface area contributed by atoms with E-state index in [4.69, 9.17) is 4.74 Å². The van der Waals surface area contributed by atoms with Crippen molar-refractivity contribution in [2.75, 3.05) is 18.2 Å². The van der Waals surface area contributed by atoms with Crippen molar-refractivity contribution in [2.24, 2.45) is 0 Å². The molecule has 0 unspecified atom stereocenters. The van der Waals surface area contributed by atoms with E-state index in [9.17, 15) is 14.4 Å². The number of hydrogen-bond acceptors (Lipinski definition) is 6. The fraction of sp³-hybridized carbons (Fsp3) is 0.214. The molecule has 0 saturated carbocycles. The molecule has 0 spiro atoms. The molecular weight excluding hydrogens is 310 g/mol. The van der Waals surface area contributed by atoms with Crippen LogP contribution in [0.15, 0.2) is 24.3 Å². The van der Waals surface area contributed by atoms with Crippen LogP contribution < -0.4 is 5.32 Å². The highest BCUT2D eigenvalue weighted by molar-refractivity contribution is 8.14. The molecule has 0 radical (unpaired) electrons. The molecule has 0 fully saturated rings. The normalized spacial score (nSPS) is 10.4. The van der Waals surface area contributed by atoms with Crippen molar-refractivity contribution < 1.29 is 19.1 Å². The first kappa shape index (κ1) is 15.5. The standard InChI is InChI=1S/C14H13NO4S2/c1-8(16)20-7-11(17)15-12-9-5-3-4-6-10(9)21-13(12)14(18)19-2/h3-6H,7H2,1-2H3,(H,15,17). The summed E-state index contributed by atoms with van der Waals surface area (Å²) in [7, 11) is 1.30. The Bertz CT molecular complexity index is 708. The van der Waals surface area contributed by atoms with Crippen molar-refractivity contribution in [3.05, 3.63) is 29.1 Å². The molecule has 1 aromatic carbocycles. The number of nitrogens with one attached hydrogen (secondary N) is 1. The van der Waals surface area contributed by atoms with Gasteiger partial charge >= 0.3 is 5.97 Å². The number of ether oxygens (including phenoxy) is 1. The number of fused-ring (bicyclic) bond motifs is 1. The third-order valence-corrected chi connectivity index (χ3v) is 4.60. The lowest BCUT2D eigenvalue weighted by molar-refractivity contribution is -0.114. The van der Waals surface area contributed by atoms with Gasteiger partial charge in [-0.2, -0.15) is 0 Å². The van der Waals surface area contributed by atoms with Crippen LogP contribution in [0.25, 0.3) is 10.1 Å². The first-order valence-electron chi connectivity index (χ1n) is 6.06. The summed E-state index contributed by atoms with van der Waals surface area (Å²) < 4.78 is 5.63. The van der Waals surface area contributed by atoms with Crippen LogP contribution in [0.1, 0.15) is 16.6 Å². The molecule has 0 aliphatic rings. The maximum absolute atomic E-state index is 11.9. The highest BCUT2D eigenvalue weighted by atomic mass is 32.2. The Kier molecular flexibility index (Phi) is 4.98. The third kappa shape index (κ3) is 3.62. The zero-order chi connectivity index (χ0) is 15.4. The van der Waals surface area contributed by atoms with Gasteiger partial charge in [0.1, 0.15) is 4.88 Å². The topological polar surface area (TPSA) is 72.5 Å². The number of benzene rings is 1. The van der Waals surface area contributed by atoms with E-state index in [-0.39, 0.29) is 16.8 Å². The minimum absolute atomic E-state index is 0.0140. The van der Waals surface area contributed by atoms with E-state index in [1.807, 2.05) is 24.3 Å². The second-order valence-corrected chi connectivity index (χ2v) is 6.33. The quantitative estimate of drug-likeness (QED) is 0.876. The molecular formula is C14H13NO4S2. The average Bonchev–Trinajstić information content (AvgIpc) is 2.83. The van der Waals surface area contributed by atoms with Crippen LogP contribution in [0.5, 0.6) is 0 Å². The zero-order valence-electron chi connectivity index (χ0n) is 11.5. The highest BCUT2D eigenvalue weighted by Crippen LogP contribution is 2.36. The number of carbonyl (C=O) groups excluding carboxylic acids is 3. The lowest BCUT2D eigenvalue weighted by Gasteiger charge is -2.05. The molecule has 0 aliphatic carbocycles. The minimum Gasteiger partial charge on any atom is -0.465 e. The van der Waals surface area contributed by atoms with E-state index >= 15 is 0 Å². The molecule has 1 aromatic heterocycles. The third-order valence-electron chi connectivity index (χ3n) is 2.64. The summed E-state index contributed by atoms with van der Waals surface area (Å²) in [6.07, 6.45) is 0. The van der Waals surface area contributed by atoms with Crippen molar-refractivity contribution in [1.29, 1.82) is 0 Å². The monoisotopic (exact) mass is 323 g/mol. The summed E-state index contributed by atoms with van der Waals surface area (Å²) in [5.41, 5.74) is 0.441. The Morgan fingerprint density at radius 2 is 2.00 bits per heavy atom. The summed E-state index contributed by atoms with van der Waals surface area (Å²) in [5, 5.41) is 3.35. The van der Waals surface area contributed by atoms with Gasteiger partial charge in [0.25, 0.3) is 0 Å². The summed E-state index contributed by atoms with van der Waals surface area (Å²) in [5.74, 6) is -0.810. The predicted molar refractivity (Wildman–Crippen MR) is 84.9 cm³/mol. The number of thioether (sulfide) groups is 1. The predicted octanol–water partition coefficient (Wildman–Crippen LogP) is 2.91. The molecule has 0 saturated heterocycles. The van der Waals surface area contributed by atoms with Crippen molar-refractivity contribution in [3.8, 4) is 0 Å². The van der Waals surface area contributed by atoms with Crippen LogP contribution in [-0.2, 0) is 14.3 Å². The highest BCUT2D eigenvalue weighted by Gasteiger charge is 2.20. The number of esters is 1. The van der Waals surface area contributed by atoms with Crippen LogP contribution >= 0.6 is 23.1 Å². The summed E-state index contributed by atoms with van der Waals surface area (Å²) >= 11 is 2.18. The average molecular weight is 323 g/mol. The van der Waals surface area contributed by atoms with Crippen molar-refractivity contribution >= 4 is 55.9 Å². The van der Waals surface area contributed by atoms with Crippen LogP contribution in [0.4, 0.5) is 5.69 Å². The van der Waals surface area contributed by atoms with Gasteiger partial charge in [0.2, 0.25) is 5.91 Å². The Morgan fingerprint density at radius 1 is 1.29 bits per heavy atom. The van der Waals surface area contributed by atoms with E-state index in [2.05, 4.69) is 5.32 Å². The number of rotatable bonds is 4. The largest absolute Gasteiger partial charge is 0.465 e. The fourth-order valence-electron chi connectivity index (χ4n) is 1.75. The van der Waals surface area contributed by atoms with Crippen LogP contribution in [0.2, 0.25) is 0 Å². The fourth-order valence-corrected chi connectivity index (χ4v) is 3.23. The van der Waals surface area contributed by atoms with E-state index in [1.165, 1.54) is 25.4 Å². The molecule has 2 rings (SSSR count). The van der Waals surface area contributed by atoms with Crippen LogP contribution in [-0.4, -0.2) is 29.9 Å². The first-order chi connectivity index (χ1) is 10.0. The Balaban J connectivity index is 2.34. The minimum atomic E-state index is -0.495. The maximum Gasteiger partial charge on any atom is 0.350 e. The molecule has 1 heterocycles. The molecule has 21 heavy (non-hydrogen) atoms. The van der Waals surface area contributed by atoms with Gasteiger partial charge in [0, 0.05) is 17.0 Å². The van der Waals surface area contributed by atoms with Crippen molar-refractivity contribution in [3.63, 3.8) is 0 Å². The summed E-state index contributed by atoms with van der Waals surface area (Å²) in [6.45, 7) is 1.40. The Labute approximate surface area is 129 Å². The Hall–Kier alpha value is -1.86. The number of hydrogen-bond donors (Lipinski definition) is 1. The SMILES string of the molecule is COC(=O)c1sc2ccccc2c1NC(=O)CSC(C)=O. The second kappa shape index (κ2) is 6.73. The lowest BCUT2D eigenvalue weighted by atomic mass is 10.2. The molecule has 5 nitrogen and oxygen atoms in total. The molecule has 7 heteroatoms. The number of anilines is 1. The van der Waals surface area contributed by atoms with Gasteiger partial charge in [-0.3, -0.25) is 9.59 Å². The summed E-state index contributed by atoms with van der Waals surface area (Å²) in [6, 6.07) is 7.38. The van der Waals surface area contributed by atoms with E-state index < -0.39 is 5.97 Å². The molecule has 110 valence electrons. The first-order valence-corrected chi connectivity index (χ1v) is 7.86. The number of amides is 1. The molecule has 1 amide bonds. The van der Waals surface area contributed by atoms with Gasteiger partial charge in [-0.05, 0) is 6.07 Å². The van der Waals surface area contributed by atoms with Crippen LogP contribution in [0, 0.1) is 0 Å². The molecule has 2 aromatic rings. The smallest absolute Gasteiger partial charge is 0.350 e. The van der Waals surface area contributed by atoms with E-state index in [0.29, 0.717) is 10.6 Å². The van der Waals surface area contributed by atoms with Gasteiger partial charge in [0.05, 0.1) is 18.6 Å². The van der Waals surface area contributed by atoms with Gasteiger partial charge in [-0.1, -0.05) is 30.0 Å². The van der Waals surface area contributed by atoms with Gasteiger partial charge in [-0.15, -0.1) is 11.3 Å². The van der Waals surface area contributed by atoms with Gasteiger partial charge < -0.3 is 10.1 Å². The van der Waals surface area contributed by atoms with E-state index in [0.717, 1.165) is 21.8 Å². The zero-order valence-corrected chi connectivity index (χ0v) is 13.1.